The monoisotopic (exact) mass is 364 g/mol. The van der Waals surface area contributed by atoms with Crippen LogP contribution < -0.4 is 4.74 Å². The van der Waals surface area contributed by atoms with Crippen molar-refractivity contribution >= 4 is 49.1 Å². The van der Waals surface area contributed by atoms with Crippen LogP contribution in [0.25, 0.3) is 43.1 Å². The van der Waals surface area contributed by atoms with Crippen LogP contribution >= 0.6 is 0 Å². The van der Waals surface area contributed by atoms with Crippen LogP contribution in [-0.2, 0) is 4.79 Å². The summed E-state index contributed by atoms with van der Waals surface area (Å²) < 4.78 is 5.37. The van der Waals surface area contributed by atoms with Gasteiger partial charge in [-0.3, -0.25) is 4.79 Å². The zero-order chi connectivity index (χ0) is 19.4. The molecule has 0 radical (unpaired) electrons. The molecule has 0 bridgehead atoms. The summed E-state index contributed by atoms with van der Waals surface area (Å²) >= 11 is 0. The fourth-order valence-corrected chi connectivity index (χ4v) is 4.16. The molecule has 0 N–H and O–H groups in total. The third-order valence-electron chi connectivity index (χ3n) is 5.64. The molecule has 0 fully saturated rings. The predicted octanol–water partition coefficient (Wildman–Crippen LogP) is 6.84. The fraction of sp³-hybridized carbons (Fsp3) is 0.115. The fourth-order valence-electron chi connectivity index (χ4n) is 4.16. The first-order valence-electron chi connectivity index (χ1n) is 9.49. The van der Waals surface area contributed by atoms with Crippen molar-refractivity contribution in [2.75, 3.05) is 0 Å². The van der Waals surface area contributed by atoms with Crippen molar-refractivity contribution in [1.82, 2.24) is 0 Å². The second-order valence-electron chi connectivity index (χ2n) is 7.53. The van der Waals surface area contributed by atoms with Crippen LogP contribution in [0.15, 0.2) is 66.7 Å². The molecule has 0 aliphatic carbocycles. The quantitative estimate of drug-likeness (QED) is 0.141. The van der Waals surface area contributed by atoms with Crippen LogP contribution in [-0.4, -0.2) is 5.97 Å². The Morgan fingerprint density at radius 2 is 1.14 bits per heavy atom. The molecule has 2 nitrogen and oxygen atoms in total. The van der Waals surface area contributed by atoms with E-state index in [2.05, 4.69) is 68.4 Å². The molecule has 0 unspecified atom stereocenters. The second kappa shape index (κ2) is 6.07. The topological polar surface area (TPSA) is 26.3 Å². The van der Waals surface area contributed by atoms with Gasteiger partial charge in [0.25, 0.3) is 0 Å². The number of ether oxygens (including phenoxy) is 1. The molecule has 0 aromatic heterocycles. The first kappa shape index (κ1) is 16.8. The summed E-state index contributed by atoms with van der Waals surface area (Å²) in [6.07, 6.45) is 0. The largest absolute Gasteiger partial charge is 0.427 e. The number of hydrogen-bond acceptors (Lipinski definition) is 2. The summed E-state index contributed by atoms with van der Waals surface area (Å²) in [4.78, 5) is 11.4. The van der Waals surface area contributed by atoms with E-state index in [0.29, 0.717) is 5.75 Å². The summed E-state index contributed by atoms with van der Waals surface area (Å²) in [7, 11) is 0. The first-order chi connectivity index (χ1) is 13.5. The number of carbonyl (C=O) groups is 1. The lowest BCUT2D eigenvalue weighted by Crippen LogP contribution is -2.01. The molecule has 0 aliphatic heterocycles. The minimum atomic E-state index is -0.303. The van der Waals surface area contributed by atoms with E-state index in [9.17, 15) is 4.79 Å². The van der Waals surface area contributed by atoms with Gasteiger partial charge in [-0.05, 0) is 92.3 Å². The Labute approximate surface area is 163 Å². The van der Waals surface area contributed by atoms with Gasteiger partial charge in [0, 0.05) is 6.92 Å². The molecule has 28 heavy (non-hydrogen) atoms. The maximum absolute atomic E-state index is 11.4. The zero-order valence-corrected chi connectivity index (χ0v) is 16.2. The average molecular weight is 364 g/mol. The molecule has 0 atom stereocenters. The van der Waals surface area contributed by atoms with Gasteiger partial charge >= 0.3 is 5.97 Å². The van der Waals surface area contributed by atoms with Gasteiger partial charge in [0.2, 0.25) is 0 Å². The smallest absolute Gasteiger partial charge is 0.308 e. The third kappa shape index (κ3) is 2.53. The highest BCUT2D eigenvalue weighted by Crippen LogP contribution is 2.39. The minimum Gasteiger partial charge on any atom is -0.427 e. The Morgan fingerprint density at radius 3 is 1.71 bits per heavy atom. The van der Waals surface area contributed by atoms with Gasteiger partial charge in [-0.1, -0.05) is 42.5 Å². The molecule has 5 aromatic rings. The second-order valence-corrected chi connectivity index (χ2v) is 7.53. The van der Waals surface area contributed by atoms with Crippen molar-refractivity contribution in [3.63, 3.8) is 0 Å². The standard InChI is InChI=1S/C26H20O2/c1-15-10-22-23(11-16(15)2)26-14-20(28-17(3)27)8-9-21(26)24-12-18-6-4-5-7-19(18)13-25(22)24/h4-14H,1-3H3. The highest BCUT2D eigenvalue weighted by molar-refractivity contribution is 6.27. The van der Waals surface area contributed by atoms with Crippen LogP contribution in [0.2, 0.25) is 0 Å². The maximum atomic E-state index is 11.4. The average Bonchev–Trinajstić information content (AvgIpc) is 2.68. The highest BCUT2D eigenvalue weighted by atomic mass is 16.5. The van der Waals surface area contributed by atoms with Gasteiger partial charge in [0.1, 0.15) is 5.75 Å². The van der Waals surface area contributed by atoms with E-state index in [1.165, 1.54) is 55.8 Å². The molecule has 5 rings (SSSR count). The third-order valence-corrected chi connectivity index (χ3v) is 5.64. The summed E-state index contributed by atoms with van der Waals surface area (Å²) in [5, 5.41) is 9.65. The lowest BCUT2D eigenvalue weighted by atomic mass is 9.90. The van der Waals surface area contributed by atoms with Crippen molar-refractivity contribution < 1.29 is 9.53 Å². The van der Waals surface area contributed by atoms with Gasteiger partial charge in [-0.2, -0.15) is 0 Å². The van der Waals surface area contributed by atoms with Gasteiger partial charge in [-0.15, -0.1) is 0 Å². The summed E-state index contributed by atoms with van der Waals surface area (Å²) in [6.45, 7) is 5.73. The van der Waals surface area contributed by atoms with Crippen molar-refractivity contribution in [2.45, 2.75) is 20.8 Å². The molecule has 0 amide bonds. The predicted molar refractivity (Wildman–Crippen MR) is 117 cm³/mol. The van der Waals surface area contributed by atoms with Gasteiger partial charge in [-0.25, -0.2) is 0 Å². The maximum Gasteiger partial charge on any atom is 0.308 e. The Morgan fingerprint density at radius 1 is 0.643 bits per heavy atom. The van der Waals surface area contributed by atoms with E-state index in [1.54, 1.807) is 0 Å². The molecule has 136 valence electrons. The molecule has 0 saturated carbocycles. The first-order valence-corrected chi connectivity index (χ1v) is 9.49. The molecule has 0 saturated heterocycles. The van der Waals surface area contributed by atoms with Crippen molar-refractivity contribution in [3.05, 3.63) is 77.9 Å². The number of rotatable bonds is 1. The Hall–Kier alpha value is -3.39. The molecular formula is C26H20O2. The Bertz CT molecular complexity index is 1430. The van der Waals surface area contributed by atoms with Gasteiger partial charge in [0.15, 0.2) is 0 Å². The molecule has 0 aliphatic rings. The van der Waals surface area contributed by atoms with E-state index in [-0.39, 0.29) is 5.97 Å². The number of carbonyl (C=O) groups excluding carboxylic acids is 1. The molecule has 2 heteroatoms. The summed E-state index contributed by atoms with van der Waals surface area (Å²) in [5.41, 5.74) is 2.53. The van der Waals surface area contributed by atoms with E-state index in [1.807, 2.05) is 12.1 Å². The Kier molecular flexibility index (Phi) is 3.63. The summed E-state index contributed by atoms with van der Waals surface area (Å²) in [6, 6.07) is 23.5. The normalized spacial score (nSPS) is 11.5. The van der Waals surface area contributed by atoms with Crippen LogP contribution in [0, 0.1) is 13.8 Å². The lowest BCUT2D eigenvalue weighted by molar-refractivity contribution is -0.131. The van der Waals surface area contributed by atoms with Crippen molar-refractivity contribution in [1.29, 1.82) is 0 Å². The molecule has 0 spiro atoms. The van der Waals surface area contributed by atoms with E-state index >= 15 is 0 Å². The summed E-state index contributed by atoms with van der Waals surface area (Å²) in [5.74, 6) is 0.280. The van der Waals surface area contributed by atoms with Crippen LogP contribution in [0.1, 0.15) is 18.1 Å². The van der Waals surface area contributed by atoms with E-state index in [4.69, 9.17) is 4.74 Å². The van der Waals surface area contributed by atoms with Crippen LogP contribution in [0.5, 0.6) is 5.75 Å². The molecular weight excluding hydrogens is 344 g/mol. The lowest BCUT2D eigenvalue weighted by Gasteiger charge is -2.14. The van der Waals surface area contributed by atoms with Crippen molar-refractivity contribution in [2.24, 2.45) is 0 Å². The number of benzene rings is 5. The SMILES string of the molecule is CC(=O)Oc1ccc2c(c1)c1cc(C)c(C)cc1c1cc3ccccc3cc21. The molecule has 5 aromatic carbocycles. The molecule has 0 heterocycles. The number of esters is 1. The van der Waals surface area contributed by atoms with Gasteiger partial charge < -0.3 is 4.74 Å². The van der Waals surface area contributed by atoms with Crippen LogP contribution in [0.3, 0.4) is 0 Å². The Balaban J connectivity index is 2.02. The van der Waals surface area contributed by atoms with E-state index in [0.717, 1.165) is 5.39 Å². The number of aryl methyl sites for hydroxylation is 2. The number of hydrogen-bond donors (Lipinski definition) is 0. The highest BCUT2D eigenvalue weighted by Gasteiger charge is 2.12. The minimum absolute atomic E-state index is 0.303. The van der Waals surface area contributed by atoms with Crippen molar-refractivity contribution in [3.8, 4) is 5.75 Å². The number of fused-ring (bicyclic) bond motifs is 7. The zero-order valence-electron chi connectivity index (χ0n) is 16.2. The van der Waals surface area contributed by atoms with Crippen LogP contribution in [0.4, 0.5) is 0 Å². The van der Waals surface area contributed by atoms with E-state index < -0.39 is 0 Å². The van der Waals surface area contributed by atoms with Gasteiger partial charge in [0.05, 0.1) is 0 Å².